The minimum absolute atomic E-state index is 0.0156. The highest BCUT2D eigenvalue weighted by molar-refractivity contribution is 7.09. The maximum atomic E-state index is 13.3. The predicted molar refractivity (Wildman–Crippen MR) is 147 cm³/mol. The zero-order valence-electron chi connectivity index (χ0n) is 21.2. The summed E-state index contributed by atoms with van der Waals surface area (Å²) in [4.78, 5) is 31.7. The van der Waals surface area contributed by atoms with Crippen LogP contribution in [0.1, 0.15) is 36.4 Å². The number of nitrogens with zero attached hydrogens (tertiary/aromatic N) is 5. The molecule has 0 saturated carbocycles. The van der Waals surface area contributed by atoms with Crippen molar-refractivity contribution in [1.29, 1.82) is 0 Å². The fourth-order valence-corrected chi connectivity index (χ4v) is 5.40. The third-order valence-corrected chi connectivity index (χ3v) is 7.61. The highest BCUT2D eigenvalue weighted by atomic mass is 32.1. The number of anilines is 1. The van der Waals surface area contributed by atoms with Crippen LogP contribution in [0.5, 0.6) is 0 Å². The van der Waals surface area contributed by atoms with Gasteiger partial charge in [-0.1, -0.05) is 36.4 Å². The Morgan fingerprint density at radius 3 is 2.27 bits per heavy atom. The maximum absolute atomic E-state index is 13.3. The second-order valence-electron chi connectivity index (χ2n) is 9.47. The van der Waals surface area contributed by atoms with Crippen molar-refractivity contribution in [3.63, 3.8) is 0 Å². The number of hydrogen-bond acceptors (Lipinski definition) is 6. The molecule has 1 unspecified atom stereocenters. The molecule has 192 valence electrons. The van der Waals surface area contributed by atoms with E-state index in [9.17, 15) is 9.59 Å². The van der Waals surface area contributed by atoms with Crippen LogP contribution in [0.4, 0.5) is 5.69 Å². The molecule has 37 heavy (non-hydrogen) atoms. The summed E-state index contributed by atoms with van der Waals surface area (Å²) in [6.45, 7) is 7.60. The first-order chi connectivity index (χ1) is 18.0. The third kappa shape index (κ3) is 5.52. The Morgan fingerprint density at radius 1 is 0.946 bits per heavy atom. The average Bonchev–Trinajstić information content (AvgIpc) is 3.59. The lowest BCUT2D eigenvalue weighted by Crippen LogP contribution is -2.51. The fraction of sp³-hybridized carbons (Fsp3) is 0.321. The van der Waals surface area contributed by atoms with Crippen LogP contribution in [0.25, 0.3) is 5.69 Å². The molecule has 0 bridgehead atoms. The van der Waals surface area contributed by atoms with Crippen molar-refractivity contribution < 1.29 is 4.79 Å². The van der Waals surface area contributed by atoms with Gasteiger partial charge in [-0.2, -0.15) is 5.10 Å². The van der Waals surface area contributed by atoms with Crippen molar-refractivity contribution >= 4 is 22.9 Å². The van der Waals surface area contributed by atoms with E-state index in [0.717, 1.165) is 48.0 Å². The van der Waals surface area contributed by atoms with Crippen molar-refractivity contribution in [2.75, 3.05) is 31.1 Å². The Hall–Kier alpha value is -3.69. The largest absolute Gasteiger partial charge is 0.369 e. The van der Waals surface area contributed by atoms with Gasteiger partial charge in [0.2, 0.25) is 5.91 Å². The molecule has 8 nitrogen and oxygen atoms in total. The highest BCUT2D eigenvalue weighted by Gasteiger charge is 2.30. The van der Waals surface area contributed by atoms with Gasteiger partial charge in [-0.15, -0.1) is 11.3 Å². The molecular formula is C28H32N6O2S. The summed E-state index contributed by atoms with van der Waals surface area (Å²) in [7, 11) is 0. The number of hydrogen-bond donors (Lipinski definition) is 1. The third-order valence-electron chi connectivity index (χ3n) is 6.74. The number of piperazine rings is 1. The standard InChI is InChI=1S/C28H32N6O2S/c1-21(2)34-28(36)33(20-30-34)24-12-10-23(11-13-24)31-14-16-32(17-15-31)26(22-7-4-3-5-8-22)27(35)29-19-25-9-6-18-37-25/h3-13,18,20-21,26H,14-17,19H2,1-2H3,(H,29,35). The van der Waals surface area contributed by atoms with E-state index in [0.29, 0.717) is 6.54 Å². The summed E-state index contributed by atoms with van der Waals surface area (Å²) in [5, 5.41) is 9.38. The van der Waals surface area contributed by atoms with Crippen LogP contribution in [0, 0.1) is 0 Å². The van der Waals surface area contributed by atoms with E-state index < -0.39 is 0 Å². The molecule has 1 aliphatic heterocycles. The number of benzene rings is 2. The molecule has 4 aromatic rings. The molecule has 1 fully saturated rings. The zero-order chi connectivity index (χ0) is 25.8. The van der Waals surface area contributed by atoms with Crippen LogP contribution in [0.15, 0.2) is 83.2 Å². The topological polar surface area (TPSA) is 75.4 Å². The molecule has 3 heterocycles. The Labute approximate surface area is 220 Å². The molecule has 1 N–H and O–H groups in total. The molecule has 1 atom stereocenters. The number of carbonyl (C=O) groups excluding carboxylic acids is 1. The lowest BCUT2D eigenvalue weighted by atomic mass is 10.0. The van der Waals surface area contributed by atoms with Crippen LogP contribution < -0.4 is 15.9 Å². The van der Waals surface area contributed by atoms with Crippen molar-refractivity contribution in [1.82, 2.24) is 24.6 Å². The minimum Gasteiger partial charge on any atom is -0.369 e. The quantitative estimate of drug-likeness (QED) is 0.385. The second kappa shape index (κ2) is 11.1. The zero-order valence-corrected chi connectivity index (χ0v) is 22.0. The van der Waals surface area contributed by atoms with Gasteiger partial charge in [0, 0.05) is 36.7 Å². The molecule has 2 aromatic carbocycles. The van der Waals surface area contributed by atoms with Crippen molar-refractivity contribution in [3.8, 4) is 5.69 Å². The molecule has 0 spiro atoms. The number of rotatable bonds is 8. The lowest BCUT2D eigenvalue weighted by Gasteiger charge is -2.39. The normalized spacial score (nSPS) is 15.2. The van der Waals surface area contributed by atoms with Gasteiger partial charge in [0.05, 0.1) is 18.3 Å². The number of thiophene rings is 1. The number of amides is 1. The van der Waals surface area contributed by atoms with E-state index in [4.69, 9.17) is 0 Å². The van der Waals surface area contributed by atoms with E-state index in [1.54, 1.807) is 22.2 Å². The van der Waals surface area contributed by atoms with Crippen LogP contribution in [0.3, 0.4) is 0 Å². The number of carbonyl (C=O) groups is 1. The molecule has 5 rings (SSSR count). The molecule has 1 saturated heterocycles. The van der Waals surface area contributed by atoms with Gasteiger partial charge >= 0.3 is 5.69 Å². The first kappa shape index (κ1) is 25.0. The lowest BCUT2D eigenvalue weighted by molar-refractivity contribution is -0.127. The Kier molecular flexibility index (Phi) is 7.52. The summed E-state index contributed by atoms with van der Waals surface area (Å²) in [5.74, 6) is 0.0322. The number of nitrogens with one attached hydrogen (secondary N) is 1. The highest BCUT2D eigenvalue weighted by Crippen LogP contribution is 2.25. The van der Waals surface area contributed by atoms with Crippen LogP contribution in [-0.4, -0.2) is 51.3 Å². The van der Waals surface area contributed by atoms with Crippen LogP contribution >= 0.6 is 11.3 Å². The van der Waals surface area contributed by atoms with Gasteiger partial charge < -0.3 is 10.2 Å². The first-order valence-electron chi connectivity index (χ1n) is 12.6. The molecule has 1 amide bonds. The van der Waals surface area contributed by atoms with Gasteiger partial charge in [0.25, 0.3) is 0 Å². The number of aromatic nitrogens is 3. The SMILES string of the molecule is CC(C)n1ncn(-c2ccc(N3CCN(C(C(=O)NCc4cccs4)c4ccccc4)CC3)cc2)c1=O. The van der Waals surface area contributed by atoms with Crippen LogP contribution in [-0.2, 0) is 11.3 Å². The van der Waals surface area contributed by atoms with E-state index >= 15 is 0 Å². The van der Waals surface area contributed by atoms with Crippen LogP contribution in [0.2, 0.25) is 0 Å². The van der Waals surface area contributed by atoms with E-state index in [2.05, 4.69) is 20.2 Å². The molecule has 0 radical (unpaired) electrons. The summed E-state index contributed by atoms with van der Waals surface area (Å²) >= 11 is 1.65. The smallest absolute Gasteiger partial charge is 0.350 e. The van der Waals surface area contributed by atoms with Crippen molar-refractivity contribution in [3.05, 3.63) is 99.4 Å². The molecule has 9 heteroatoms. The molecular weight excluding hydrogens is 484 g/mol. The second-order valence-corrected chi connectivity index (χ2v) is 10.5. The molecule has 1 aliphatic rings. The maximum Gasteiger partial charge on any atom is 0.350 e. The van der Waals surface area contributed by atoms with Crippen molar-refractivity contribution in [2.24, 2.45) is 0 Å². The summed E-state index contributed by atoms with van der Waals surface area (Å²) < 4.78 is 3.05. The average molecular weight is 517 g/mol. The summed E-state index contributed by atoms with van der Waals surface area (Å²) in [5.41, 5.74) is 2.77. The Morgan fingerprint density at radius 2 is 1.65 bits per heavy atom. The van der Waals surface area contributed by atoms with Gasteiger partial charge in [-0.05, 0) is 55.1 Å². The minimum atomic E-state index is -0.324. The fourth-order valence-electron chi connectivity index (χ4n) is 4.76. The molecule has 0 aliphatic carbocycles. The van der Waals surface area contributed by atoms with E-state index in [1.807, 2.05) is 86.0 Å². The van der Waals surface area contributed by atoms with E-state index in [-0.39, 0.29) is 23.7 Å². The predicted octanol–water partition coefficient (Wildman–Crippen LogP) is 3.86. The Bertz CT molecular complexity index is 1350. The van der Waals surface area contributed by atoms with Gasteiger partial charge in [-0.3, -0.25) is 9.69 Å². The van der Waals surface area contributed by atoms with E-state index in [1.165, 1.54) is 4.68 Å². The van der Waals surface area contributed by atoms with Gasteiger partial charge in [-0.25, -0.2) is 14.0 Å². The van der Waals surface area contributed by atoms with Gasteiger partial charge in [0.15, 0.2) is 0 Å². The first-order valence-corrected chi connectivity index (χ1v) is 13.5. The van der Waals surface area contributed by atoms with Crippen molar-refractivity contribution in [2.45, 2.75) is 32.5 Å². The molecule has 2 aromatic heterocycles. The summed E-state index contributed by atoms with van der Waals surface area (Å²) in [6.07, 6.45) is 1.57. The monoisotopic (exact) mass is 516 g/mol. The Balaban J connectivity index is 1.26. The summed E-state index contributed by atoms with van der Waals surface area (Å²) in [6, 6.07) is 21.8. The van der Waals surface area contributed by atoms with Gasteiger partial charge in [0.1, 0.15) is 12.4 Å².